The van der Waals surface area contributed by atoms with Gasteiger partial charge < -0.3 is 14.8 Å². The molecule has 0 radical (unpaired) electrons. The number of carboxylic acids is 1. The van der Waals surface area contributed by atoms with E-state index in [0.29, 0.717) is 0 Å². The molecule has 2 aromatic rings. The molecule has 110 valence electrons. The number of aromatic nitrogens is 2. The Morgan fingerprint density at radius 1 is 1.33 bits per heavy atom. The first-order valence-electron chi connectivity index (χ1n) is 6.10. The van der Waals surface area contributed by atoms with Gasteiger partial charge in [-0.2, -0.15) is 0 Å². The number of fused-ring (bicyclic) bond motifs is 1. The maximum absolute atomic E-state index is 11.9. The van der Waals surface area contributed by atoms with Crippen LogP contribution in [0, 0.1) is 0 Å². The number of carbonyl (C=O) groups is 2. The number of aromatic amines is 1. The maximum Gasteiger partial charge on any atom is 0.335 e. The Bertz CT molecular complexity index is 833. The number of hydrogen-bond donors (Lipinski definition) is 2. The van der Waals surface area contributed by atoms with Gasteiger partial charge in [0.25, 0.3) is 0 Å². The molecule has 1 heterocycles. The van der Waals surface area contributed by atoms with Crippen molar-refractivity contribution in [2.24, 2.45) is 0 Å². The summed E-state index contributed by atoms with van der Waals surface area (Å²) in [5.74, 6) is -1.87. The van der Waals surface area contributed by atoms with Crippen molar-refractivity contribution in [2.75, 3.05) is 6.61 Å². The number of aromatic carboxylic acids is 1. The van der Waals surface area contributed by atoms with E-state index in [4.69, 9.17) is 9.84 Å². The molecule has 0 spiro atoms. The number of H-pyrrole nitrogens is 1. The fourth-order valence-electron chi connectivity index (χ4n) is 1.89. The van der Waals surface area contributed by atoms with E-state index in [1.807, 2.05) is 0 Å². The summed E-state index contributed by atoms with van der Waals surface area (Å²) in [5.41, 5.74) is -1.50. The molecule has 2 N–H and O–H groups in total. The van der Waals surface area contributed by atoms with Gasteiger partial charge in [0.05, 0.1) is 23.2 Å². The minimum absolute atomic E-state index is 0.0634. The molecule has 0 saturated carbocycles. The highest BCUT2D eigenvalue weighted by atomic mass is 16.5. The highest BCUT2D eigenvalue weighted by Crippen LogP contribution is 2.12. The molecule has 0 amide bonds. The number of nitrogens with zero attached hydrogens (tertiary/aromatic N) is 1. The number of hydrogen-bond acceptors (Lipinski definition) is 5. The summed E-state index contributed by atoms with van der Waals surface area (Å²) in [6.07, 6.45) is 0. The van der Waals surface area contributed by atoms with Gasteiger partial charge in [-0.3, -0.25) is 19.0 Å². The van der Waals surface area contributed by atoms with Crippen LogP contribution in [-0.4, -0.2) is 33.2 Å². The SMILES string of the molecule is CCOC(=O)Cn1c(=O)c(=O)[nH]c2ccc(C(=O)O)cc21. The van der Waals surface area contributed by atoms with Gasteiger partial charge in [-0.15, -0.1) is 0 Å². The maximum atomic E-state index is 11.9. The third kappa shape index (κ3) is 2.83. The number of nitrogens with one attached hydrogen (secondary N) is 1. The molecule has 0 fully saturated rings. The third-order valence-corrected chi connectivity index (χ3v) is 2.82. The summed E-state index contributed by atoms with van der Waals surface area (Å²) in [6.45, 7) is 1.28. The molecule has 1 aromatic carbocycles. The monoisotopic (exact) mass is 292 g/mol. The third-order valence-electron chi connectivity index (χ3n) is 2.82. The average Bonchev–Trinajstić information content (AvgIpc) is 2.43. The first-order valence-corrected chi connectivity index (χ1v) is 6.10. The molecular formula is C13H12N2O6. The number of esters is 1. The Balaban J connectivity index is 2.69. The fraction of sp³-hybridized carbons (Fsp3) is 0.231. The molecule has 0 saturated heterocycles. The zero-order chi connectivity index (χ0) is 15.6. The number of rotatable bonds is 4. The van der Waals surface area contributed by atoms with Crippen LogP contribution in [0.5, 0.6) is 0 Å². The molecular weight excluding hydrogens is 280 g/mol. The Hall–Kier alpha value is -2.90. The highest BCUT2D eigenvalue weighted by molar-refractivity contribution is 5.92. The smallest absolute Gasteiger partial charge is 0.335 e. The van der Waals surface area contributed by atoms with E-state index in [-0.39, 0.29) is 23.2 Å². The van der Waals surface area contributed by atoms with Crippen molar-refractivity contribution in [3.05, 3.63) is 44.5 Å². The Morgan fingerprint density at radius 3 is 2.67 bits per heavy atom. The summed E-state index contributed by atoms with van der Waals surface area (Å²) in [6, 6.07) is 3.87. The largest absolute Gasteiger partial charge is 0.478 e. The van der Waals surface area contributed by atoms with Crippen LogP contribution in [0.3, 0.4) is 0 Å². The summed E-state index contributed by atoms with van der Waals surface area (Å²) in [5, 5.41) is 8.97. The van der Waals surface area contributed by atoms with E-state index >= 15 is 0 Å². The molecule has 0 bridgehead atoms. The van der Waals surface area contributed by atoms with Crippen molar-refractivity contribution in [3.8, 4) is 0 Å². The fourth-order valence-corrected chi connectivity index (χ4v) is 1.89. The van der Waals surface area contributed by atoms with Gasteiger partial charge in [0, 0.05) is 0 Å². The van der Waals surface area contributed by atoms with Crippen LogP contribution in [0.4, 0.5) is 0 Å². The Labute approximate surface area is 117 Å². The molecule has 2 rings (SSSR count). The second-order valence-corrected chi connectivity index (χ2v) is 4.19. The number of carbonyl (C=O) groups excluding carboxylic acids is 1. The van der Waals surface area contributed by atoms with Gasteiger partial charge in [0.2, 0.25) is 0 Å². The number of carboxylic acid groups (broad SMARTS) is 1. The molecule has 8 nitrogen and oxygen atoms in total. The van der Waals surface area contributed by atoms with E-state index < -0.39 is 29.6 Å². The minimum atomic E-state index is -1.18. The summed E-state index contributed by atoms with van der Waals surface area (Å²) in [4.78, 5) is 48.3. The van der Waals surface area contributed by atoms with Gasteiger partial charge in [-0.1, -0.05) is 0 Å². The molecule has 1 aromatic heterocycles. The zero-order valence-electron chi connectivity index (χ0n) is 11.1. The molecule has 21 heavy (non-hydrogen) atoms. The van der Waals surface area contributed by atoms with Crippen LogP contribution in [-0.2, 0) is 16.1 Å². The van der Waals surface area contributed by atoms with Gasteiger partial charge in [-0.05, 0) is 25.1 Å². The van der Waals surface area contributed by atoms with Crippen molar-refractivity contribution in [2.45, 2.75) is 13.5 Å². The van der Waals surface area contributed by atoms with Crippen LogP contribution < -0.4 is 11.1 Å². The quantitative estimate of drug-likeness (QED) is 0.602. The summed E-state index contributed by atoms with van der Waals surface area (Å²) in [7, 11) is 0. The predicted molar refractivity (Wildman–Crippen MR) is 72.4 cm³/mol. The summed E-state index contributed by atoms with van der Waals surface area (Å²) >= 11 is 0. The first kappa shape index (κ1) is 14.5. The van der Waals surface area contributed by atoms with E-state index in [0.717, 1.165) is 4.57 Å². The van der Waals surface area contributed by atoms with Crippen LogP contribution in [0.2, 0.25) is 0 Å². The number of benzene rings is 1. The van der Waals surface area contributed by atoms with E-state index in [1.165, 1.54) is 18.2 Å². The molecule has 0 atom stereocenters. The average molecular weight is 292 g/mol. The van der Waals surface area contributed by atoms with Crippen LogP contribution in [0.25, 0.3) is 11.0 Å². The van der Waals surface area contributed by atoms with E-state index in [2.05, 4.69) is 4.98 Å². The molecule has 0 unspecified atom stereocenters. The van der Waals surface area contributed by atoms with Crippen molar-refractivity contribution >= 4 is 23.0 Å². The second-order valence-electron chi connectivity index (χ2n) is 4.19. The lowest BCUT2D eigenvalue weighted by molar-refractivity contribution is -0.143. The zero-order valence-corrected chi connectivity index (χ0v) is 11.1. The van der Waals surface area contributed by atoms with E-state index in [9.17, 15) is 19.2 Å². The van der Waals surface area contributed by atoms with Gasteiger partial charge >= 0.3 is 23.1 Å². The lowest BCUT2D eigenvalue weighted by Gasteiger charge is -2.09. The van der Waals surface area contributed by atoms with Crippen molar-refractivity contribution in [1.29, 1.82) is 0 Å². The van der Waals surface area contributed by atoms with Gasteiger partial charge in [-0.25, -0.2) is 4.79 Å². The van der Waals surface area contributed by atoms with Crippen LogP contribution in [0.15, 0.2) is 27.8 Å². The normalized spacial score (nSPS) is 10.5. The van der Waals surface area contributed by atoms with Crippen molar-refractivity contribution in [3.63, 3.8) is 0 Å². The van der Waals surface area contributed by atoms with Gasteiger partial charge in [0.1, 0.15) is 6.54 Å². The molecule has 0 aliphatic carbocycles. The molecule has 8 heteroatoms. The summed E-state index contributed by atoms with van der Waals surface area (Å²) < 4.78 is 5.64. The second kappa shape index (κ2) is 5.61. The lowest BCUT2D eigenvalue weighted by atomic mass is 10.2. The lowest BCUT2D eigenvalue weighted by Crippen LogP contribution is -2.38. The topological polar surface area (TPSA) is 118 Å². The Kier molecular flexibility index (Phi) is 3.88. The van der Waals surface area contributed by atoms with E-state index in [1.54, 1.807) is 6.92 Å². The number of ether oxygens (including phenoxy) is 1. The molecule has 0 aliphatic rings. The van der Waals surface area contributed by atoms with Crippen LogP contribution in [0.1, 0.15) is 17.3 Å². The van der Waals surface area contributed by atoms with Crippen molar-refractivity contribution in [1.82, 2.24) is 9.55 Å². The highest BCUT2D eigenvalue weighted by Gasteiger charge is 2.14. The Morgan fingerprint density at radius 2 is 2.05 bits per heavy atom. The van der Waals surface area contributed by atoms with Gasteiger partial charge in [0.15, 0.2) is 0 Å². The first-order chi connectivity index (χ1) is 9.93. The minimum Gasteiger partial charge on any atom is -0.478 e. The van der Waals surface area contributed by atoms with Crippen LogP contribution >= 0.6 is 0 Å². The standard InChI is InChI=1S/C13H12N2O6/c1-2-21-10(16)6-15-9-5-7(13(19)20)3-4-8(9)14-11(17)12(15)18/h3-5H,2,6H2,1H3,(H,14,17)(H,19,20). The van der Waals surface area contributed by atoms with Crippen molar-refractivity contribution < 1.29 is 19.4 Å². The molecule has 0 aliphatic heterocycles. The predicted octanol–water partition coefficient (Wildman–Crippen LogP) is -0.0489.